The van der Waals surface area contributed by atoms with Gasteiger partial charge in [-0.1, -0.05) is 0 Å². The molecule has 0 aliphatic heterocycles. The number of carbonyl (C=O) groups is 1. The van der Waals surface area contributed by atoms with Gasteiger partial charge in [0.05, 0.1) is 32.9 Å². The third kappa shape index (κ3) is 2.73. The molecule has 0 spiro atoms. The van der Waals surface area contributed by atoms with Crippen LogP contribution >= 0.6 is 0 Å². The fourth-order valence-electron chi connectivity index (χ4n) is 1.69. The first-order valence-corrected chi connectivity index (χ1v) is 5.66. The predicted molar refractivity (Wildman–Crippen MR) is 68.7 cm³/mol. The lowest BCUT2D eigenvalue weighted by molar-refractivity contribution is -0.386. The average Bonchev–Trinajstić information content (AvgIpc) is 2.44. The summed E-state index contributed by atoms with van der Waals surface area (Å²) in [7, 11) is 3.79. The Labute approximate surface area is 115 Å². The number of hydrogen-bond acceptors (Lipinski definition) is 7. The molecule has 0 unspecified atom stereocenters. The minimum absolute atomic E-state index is 0.0445. The zero-order valence-electron chi connectivity index (χ0n) is 11.6. The maximum absolute atomic E-state index is 11.8. The van der Waals surface area contributed by atoms with E-state index in [1.165, 1.54) is 27.4 Å². The summed E-state index contributed by atoms with van der Waals surface area (Å²) < 4.78 is 19.8. The van der Waals surface area contributed by atoms with Crippen molar-refractivity contribution in [3.8, 4) is 17.2 Å². The van der Waals surface area contributed by atoms with E-state index in [0.29, 0.717) is 0 Å². The van der Waals surface area contributed by atoms with Crippen LogP contribution in [0.4, 0.5) is 5.69 Å². The van der Waals surface area contributed by atoms with Gasteiger partial charge in [0.1, 0.15) is 5.56 Å². The van der Waals surface area contributed by atoms with Gasteiger partial charge in [-0.15, -0.1) is 0 Å². The summed E-state index contributed by atoms with van der Waals surface area (Å²) in [5.41, 5.74) is -0.587. The van der Waals surface area contributed by atoms with E-state index in [0.717, 1.165) is 0 Å². The van der Waals surface area contributed by atoms with Gasteiger partial charge in [-0.3, -0.25) is 10.1 Å². The number of methoxy groups -OCH3 is 3. The van der Waals surface area contributed by atoms with Crippen LogP contribution in [-0.4, -0.2) is 38.8 Å². The molecule has 0 fully saturated rings. The Kier molecular flexibility index (Phi) is 5.13. The molecule has 0 saturated heterocycles. The molecule has 20 heavy (non-hydrogen) atoms. The van der Waals surface area contributed by atoms with Gasteiger partial charge in [-0.05, 0) is 6.92 Å². The van der Waals surface area contributed by atoms with Crippen LogP contribution in [0.15, 0.2) is 6.07 Å². The molecule has 0 aliphatic carbocycles. The lowest BCUT2D eigenvalue weighted by atomic mass is 10.1. The molecule has 0 amide bonds. The van der Waals surface area contributed by atoms with Crippen LogP contribution in [0.2, 0.25) is 0 Å². The number of nitrogens with zero attached hydrogens (tertiary/aromatic N) is 1. The van der Waals surface area contributed by atoms with Crippen LogP contribution in [0.3, 0.4) is 0 Å². The largest absolute Gasteiger partial charge is 0.493 e. The molecule has 0 atom stereocenters. The van der Waals surface area contributed by atoms with Gasteiger partial charge in [0, 0.05) is 6.07 Å². The van der Waals surface area contributed by atoms with Crippen molar-refractivity contribution >= 4 is 11.7 Å². The highest BCUT2D eigenvalue weighted by molar-refractivity contribution is 5.96. The molecular formula is C12H15NO7. The van der Waals surface area contributed by atoms with E-state index in [4.69, 9.17) is 18.9 Å². The fourth-order valence-corrected chi connectivity index (χ4v) is 1.69. The second kappa shape index (κ2) is 6.60. The Morgan fingerprint density at radius 2 is 1.80 bits per heavy atom. The third-order valence-corrected chi connectivity index (χ3v) is 2.48. The number of nitro benzene ring substituents is 1. The number of nitro groups is 1. The van der Waals surface area contributed by atoms with Crippen molar-refractivity contribution in [2.45, 2.75) is 6.92 Å². The second-order valence-electron chi connectivity index (χ2n) is 3.52. The molecule has 0 heterocycles. The molecule has 1 aromatic rings. The summed E-state index contributed by atoms with van der Waals surface area (Å²) in [4.78, 5) is 22.3. The van der Waals surface area contributed by atoms with Crippen LogP contribution in [0.5, 0.6) is 17.2 Å². The highest BCUT2D eigenvalue weighted by Crippen LogP contribution is 2.46. The third-order valence-electron chi connectivity index (χ3n) is 2.48. The van der Waals surface area contributed by atoms with E-state index in [2.05, 4.69) is 0 Å². The van der Waals surface area contributed by atoms with E-state index in [1.54, 1.807) is 6.92 Å². The van der Waals surface area contributed by atoms with Gasteiger partial charge < -0.3 is 18.9 Å². The molecule has 8 nitrogen and oxygen atoms in total. The minimum atomic E-state index is -0.742. The lowest BCUT2D eigenvalue weighted by Crippen LogP contribution is -2.10. The average molecular weight is 285 g/mol. The number of esters is 1. The zero-order valence-corrected chi connectivity index (χ0v) is 11.6. The summed E-state index contributed by atoms with van der Waals surface area (Å²) in [5, 5.41) is 11.2. The first-order chi connectivity index (χ1) is 9.51. The fraction of sp³-hybridized carbons (Fsp3) is 0.417. The highest BCUT2D eigenvalue weighted by atomic mass is 16.6. The van der Waals surface area contributed by atoms with Crippen molar-refractivity contribution in [2.24, 2.45) is 0 Å². The molecule has 8 heteroatoms. The number of ether oxygens (including phenoxy) is 4. The first kappa shape index (κ1) is 15.5. The normalized spacial score (nSPS) is 9.80. The number of rotatable bonds is 6. The van der Waals surface area contributed by atoms with E-state index >= 15 is 0 Å². The Morgan fingerprint density at radius 3 is 2.20 bits per heavy atom. The Hall–Kier alpha value is -2.51. The van der Waals surface area contributed by atoms with E-state index < -0.39 is 16.6 Å². The van der Waals surface area contributed by atoms with E-state index in [9.17, 15) is 14.9 Å². The van der Waals surface area contributed by atoms with E-state index in [-0.39, 0.29) is 29.4 Å². The summed E-state index contributed by atoms with van der Waals surface area (Å²) in [6.45, 7) is 1.75. The van der Waals surface area contributed by atoms with Crippen molar-refractivity contribution in [2.75, 3.05) is 27.9 Å². The van der Waals surface area contributed by atoms with Gasteiger partial charge in [-0.25, -0.2) is 4.79 Å². The highest BCUT2D eigenvalue weighted by Gasteiger charge is 2.32. The lowest BCUT2D eigenvalue weighted by Gasteiger charge is -2.14. The van der Waals surface area contributed by atoms with Crippen molar-refractivity contribution in [1.82, 2.24) is 0 Å². The zero-order chi connectivity index (χ0) is 15.3. The first-order valence-electron chi connectivity index (χ1n) is 5.66. The summed E-state index contributed by atoms with van der Waals surface area (Å²) in [5.74, 6) is -1.05. The monoisotopic (exact) mass is 285 g/mol. The maximum Gasteiger partial charge on any atom is 0.357 e. The Bertz CT molecular complexity index is 527. The predicted octanol–water partition coefficient (Wildman–Crippen LogP) is 1.80. The van der Waals surface area contributed by atoms with Gasteiger partial charge in [-0.2, -0.15) is 0 Å². The van der Waals surface area contributed by atoms with Crippen LogP contribution in [0.1, 0.15) is 17.3 Å². The smallest absolute Gasteiger partial charge is 0.357 e. The summed E-state index contributed by atoms with van der Waals surface area (Å²) >= 11 is 0. The van der Waals surface area contributed by atoms with Gasteiger partial charge in [0.15, 0.2) is 5.75 Å². The quantitative estimate of drug-likeness (QED) is 0.446. The summed E-state index contributed by atoms with van der Waals surface area (Å²) in [6, 6.07) is 1.28. The van der Waals surface area contributed by atoms with E-state index in [1.807, 2.05) is 0 Å². The van der Waals surface area contributed by atoms with Gasteiger partial charge >= 0.3 is 11.7 Å². The molecular weight excluding hydrogens is 270 g/mol. The molecule has 0 radical (unpaired) electrons. The van der Waals surface area contributed by atoms with Gasteiger partial charge in [0.25, 0.3) is 0 Å². The van der Waals surface area contributed by atoms with Crippen LogP contribution in [0.25, 0.3) is 0 Å². The minimum Gasteiger partial charge on any atom is -0.493 e. The molecule has 0 saturated carbocycles. The summed E-state index contributed by atoms with van der Waals surface area (Å²) in [6.07, 6.45) is 0. The van der Waals surface area contributed by atoms with Gasteiger partial charge in [0.2, 0.25) is 11.5 Å². The van der Waals surface area contributed by atoms with Crippen molar-refractivity contribution < 1.29 is 28.7 Å². The molecule has 1 aromatic carbocycles. The number of carbonyl (C=O) groups excluding carboxylic acids is 1. The van der Waals surface area contributed by atoms with Crippen LogP contribution in [-0.2, 0) is 4.74 Å². The Balaban J connectivity index is 3.64. The Morgan fingerprint density at radius 1 is 1.20 bits per heavy atom. The molecule has 0 aromatic heterocycles. The van der Waals surface area contributed by atoms with Crippen molar-refractivity contribution in [3.63, 3.8) is 0 Å². The van der Waals surface area contributed by atoms with Crippen molar-refractivity contribution in [3.05, 3.63) is 21.7 Å². The molecule has 0 N–H and O–H groups in total. The topological polar surface area (TPSA) is 97.1 Å². The standard InChI is InChI=1S/C12H15NO7/c1-5-20-12(14)7-6-8(17-2)11(19-4)9(13(15)16)10(7)18-3/h6H,5H2,1-4H3. The number of benzene rings is 1. The second-order valence-corrected chi connectivity index (χ2v) is 3.52. The van der Waals surface area contributed by atoms with Crippen molar-refractivity contribution in [1.29, 1.82) is 0 Å². The molecule has 1 rings (SSSR count). The maximum atomic E-state index is 11.8. The molecule has 110 valence electrons. The SMILES string of the molecule is CCOC(=O)c1cc(OC)c(OC)c([N+](=O)[O-])c1OC. The molecule has 0 aliphatic rings. The number of hydrogen-bond donors (Lipinski definition) is 0. The van der Waals surface area contributed by atoms with Crippen LogP contribution in [0, 0.1) is 10.1 Å². The molecule has 0 bridgehead atoms. The van der Waals surface area contributed by atoms with Crippen LogP contribution < -0.4 is 14.2 Å².